The molecular formula is C18H28N2O. The van der Waals surface area contributed by atoms with Gasteiger partial charge in [0, 0.05) is 20.6 Å². The lowest BCUT2D eigenvalue weighted by atomic mass is 9.77. The van der Waals surface area contributed by atoms with Crippen molar-refractivity contribution in [3.8, 4) is 0 Å². The molecule has 1 amide bonds. The fraction of sp³-hybridized carbons (Fsp3) is 0.500. The molecule has 0 spiro atoms. The lowest BCUT2D eigenvalue weighted by Gasteiger charge is -2.43. The third kappa shape index (κ3) is 4.10. The second kappa shape index (κ2) is 7.87. The van der Waals surface area contributed by atoms with Crippen molar-refractivity contribution in [2.75, 3.05) is 20.6 Å². The Balaban J connectivity index is 3.13. The summed E-state index contributed by atoms with van der Waals surface area (Å²) in [5.74, 6) is 0.809. The number of nitrogens with zero attached hydrogens (tertiary/aromatic N) is 2. The summed E-state index contributed by atoms with van der Waals surface area (Å²) in [5, 5.41) is 0. The van der Waals surface area contributed by atoms with Gasteiger partial charge < -0.3 is 9.80 Å². The summed E-state index contributed by atoms with van der Waals surface area (Å²) in [4.78, 5) is 15.4. The second-order valence-corrected chi connectivity index (χ2v) is 5.95. The van der Waals surface area contributed by atoms with Crippen molar-refractivity contribution in [3.63, 3.8) is 0 Å². The van der Waals surface area contributed by atoms with Crippen LogP contribution in [0.5, 0.6) is 0 Å². The average Bonchev–Trinajstić information content (AvgIpc) is 2.47. The summed E-state index contributed by atoms with van der Waals surface area (Å²) in [6.45, 7) is 12.8. The Bertz CT molecular complexity index is 448. The Morgan fingerprint density at radius 2 is 1.95 bits per heavy atom. The van der Waals surface area contributed by atoms with E-state index in [1.807, 2.05) is 43.0 Å². The smallest absolute Gasteiger partial charge is 0.210 e. The minimum atomic E-state index is 0.0727. The van der Waals surface area contributed by atoms with Gasteiger partial charge in [-0.2, -0.15) is 0 Å². The summed E-state index contributed by atoms with van der Waals surface area (Å²) in [7, 11) is 4.05. The van der Waals surface area contributed by atoms with E-state index in [1.54, 1.807) is 0 Å². The van der Waals surface area contributed by atoms with Crippen LogP contribution < -0.4 is 0 Å². The highest BCUT2D eigenvalue weighted by atomic mass is 16.1. The van der Waals surface area contributed by atoms with Gasteiger partial charge >= 0.3 is 0 Å². The van der Waals surface area contributed by atoms with E-state index in [-0.39, 0.29) is 6.04 Å². The van der Waals surface area contributed by atoms with Gasteiger partial charge in [0.2, 0.25) is 6.41 Å². The third-order valence-corrected chi connectivity index (χ3v) is 4.32. The van der Waals surface area contributed by atoms with Gasteiger partial charge in [0.15, 0.2) is 0 Å². The maximum Gasteiger partial charge on any atom is 0.210 e. The molecule has 1 unspecified atom stereocenters. The van der Waals surface area contributed by atoms with Crippen LogP contribution in [0.2, 0.25) is 0 Å². The molecule has 0 aliphatic carbocycles. The Morgan fingerprint density at radius 3 is 2.43 bits per heavy atom. The number of piperidine rings is 1. The van der Waals surface area contributed by atoms with E-state index in [4.69, 9.17) is 0 Å². The molecule has 3 atom stereocenters. The zero-order chi connectivity index (χ0) is 16.0. The first-order valence-corrected chi connectivity index (χ1v) is 7.47. The van der Waals surface area contributed by atoms with E-state index in [1.165, 1.54) is 0 Å². The molecule has 1 saturated heterocycles. The van der Waals surface area contributed by atoms with E-state index in [0.717, 1.165) is 30.5 Å². The predicted molar refractivity (Wildman–Crippen MR) is 89.8 cm³/mol. The topological polar surface area (TPSA) is 23.6 Å². The molecule has 1 aliphatic heterocycles. The van der Waals surface area contributed by atoms with Gasteiger partial charge in [-0.3, -0.25) is 4.79 Å². The quantitative estimate of drug-likeness (QED) is 0.553. The number of carbonyl (C=O) groups excluding carboxylic acids is 1. The molecule has 21 heavy (non-hydrogen) atoms. The fourth-order valence-corrected chi connectivity index (χ4v) is 3.00. The van der Waals surface area contributed by atoms with Gasteiger partial charge in [-0.25, -0.2) is 0 Å². The molecule has 1 heterocycles. The van der Waals surface area contributed by atoms with Crippen molar-refractivity contribution >= 4 is 6.41 Å². The van der Waals surface area contributed by atoms with Crippen molar-refractivity contribution in [2.45, 2.75) is 26.3 Å². The molecule has 0 saturated carbocycles. The molecule has 1 rings (SSSR count). The molecule has 1 fully saturated rings. The Hall–Kier alpha value is -1.77. The van der Waals surface area contributed by atoms with Gasteiger partial charge in [0.1, 0.15) is 0 Å². The lowest BCUT2D eigenvalue weighted by Crippen LogP contribution is -2.48. The van der Waals surface area contributed by atoms with Crippen molar-refractivity contribution < 1.29 is 4.79 Å². The normalized spacial score (nSPS) is 27.2. The molecule has 0 N–H and O–H groups in total. The summed E-state index contributed by atoms with van der Waals surface area (Å²) < 4.78 is 0. The van der Waals surface area contributed by atoms with Crippen LogP contribution in [-0.2, 0) is 4.79 Å². The van der Waals surface area contributed by atoms with Gasteiger partial charge in [0.05, 0.1) is 6.04 Å². The predicted octanol–water partition coefficient (Wildman–Crippen LogP) is 3.23. The molecular weight excluding hydrogens is 260 g/mol. The number of hydrogen-bond acceptors (Lipinski definition) is 2. The minimum Gasteiger partial charge on any atom is -0.384 e. The van der Waals surface area contributed by atoms with Gasteiger partial charge in [-0.15, -0.1) is 0 Å². The number of hydrogen-bond donors (Lipinski definition) is 0. The maximum atomic E-state index is 11.4. The number of rotatable bonds is 6. The number of amides is 1. The van der Waals surface area contributed by atoms with Crippen LogP contribution in [0.4, 0.5) is 0 Å². The van der Waals surface area contributed by atoms with E-state index in [0.29, 0.717) is 11.8 Å². The number of likely N-dealkylation sites (tertiary alicyclic amines) is 1. The molecule has 3 heteroatoms. The van der Waals surface area contributed by atoms with E-state index in [2.05, 4.69) is 32.4 Å². The first-order valence-electron chi connectivity index (χ1n) is 7.47. The summed E-state index contributed by atoms with van der Waals surface area (Å²) in [6.07, 6.45) is 10.0. The average molecular weight is 288 g/mol. The molecule has 0 aromatic heterocycles. The first-order chi connectivity index (χ1) is 9.96. The zero-order valence-corrected chi connectivity index (χ0v) is 13.7. The third-order valence-electron chi connectivity index (χ3n) is 4.32. The Morgan fingerprint density at radius 1 is 1.29 bits per heavy atom. The molecule has 0 bridgehead atoms. The van der Waals surface area contributed by atoms with Crippen LogP contribution in [0.15, 0.2) is 48.7 Å². The molecule has 0 radical (unpaired) electrons. The van der Waals surface area contributed by atoms with Crippen LogP contribution in [0.3, 0.4) is 0 Å². The van der Waals surface area contributed by atoms with Crippen molar-refractivity contribution in [3.05, 3.63) is 48.7 Å². The Kier molecular flexibility index (Phi) is 6.47. The van der Waals surface area contributed by atoms with Gasteiger partial charge in [0.25, 0.3) is 0 Å². The number of allylic oxidation sites excluding steroid dienone is 3. The maximum absolute atomic E-state index is 11.4. The van der Waals surface area contributed by atoms with E-state index in [9.17, 15) is 4.79 Å². The molecule has 0 aromatic carbocycles. The van der Waals surface area contributed by atoms with Gasteiger partial charge in [-0.05, 0) is 42.5 Å². The summed E-state index contributed by atoms with van der Waals surface area (Å²) in [5.41, 5.74) is 2.19. The van der Waals surface area contributed by atoms with Crippen LogP contribution >= 0.6 is 0 Å². The lowest BCUT2D eigenvalue weighted by molar-refractivity contribution is -0.122. The highest BCUT2D eigenvalue weighted by molar-refractivity contribution is 5.51. The monoisotopic (exact) mass is 288 g/mol. The van der Waals surface area contributed by atoms with Crippen LogP contribution in [0.25, 0.3) is 0 Å². The van der Waals surface area contributed by atoms with E-state index >= 15 is 0 Å². The SMILES string of the molecule is C=C/C(C)=C(\C=C)[C@H]1C(C)[C@@H](/C=C/N(C)C)CCN1C=O. The van der Waals surface area contributed by atoms with E-state index < -0.39 is 0 Å². The standard InChI is InChI=1S/C18H28N2O/c1-7-14(3)17(8-2)18-15(4)16(9-11-19(5)6)10-12-20(18)13-21/h7-9,11,13,15-16,18H,1-2,10,12H2,3-6H3/b11-9+,17-14+/t15?,16-,18+/m0/s1. The van der Waals surface area contributed by atoms with Crippen molar-refractivity contribution in [2.24, 2.45) is 11.8 Å². The Labute approximate surface area is 129 Å². The largest absolute Gasteiger partial charge is 0.384 e. The molecule has 116 valence electrons. The first kappa shape index (κ1) is 17.3. The van der Waals surface area contributed by atoms with Crippen LogP contribution in [-0.4, -0.2) is 42.9 Å². The highest BCUT2D eigenvalue weighted by Gasteiger charge is 2.35. The fourth-order valence-electron chi connectivity index (χ4n) is 3.00. The highest BCUT2D eigenvalue weighted by Crippen LogP contribution is 2.34. The van der Waals surface area contributed by atoms with Crippen molar-refractivity contribution in [1.82, 2.24) is 9.80 Å². The van der Waals surface area contributed by atoms with Crippen LogP contribution in [0.1, 0.15) is 20.3 Å². The zero-order valence-electron chi connectivity index (χ0n) is 13.7. The summed E-state index contributed by atoms with van der Waals surface area (Å²) in [6, 6.07) is 0.0727. The minimum absolute atomic E-state index is 0.0727. The van der Waals surface area contributed by atoms with Gasteiger partial charge in [-0.1, -0.05) is 38.3 Å². The second-order valence-electron chi connectivity index (χ2n) is 5.95. The summed E-state index contributed by atoms with van der Waals surface area (Å²) >= 11 is 0. The molecule has 1 aliphatic rings. The number of carbonyl (C=O) groups is 1. The molecule has 0 aromatic rings. The van der Waals surface area contributed by atoms with Crippen LogP contribution in [0, 0.1) is 11.8 Å². The van der Waals surface area contributed by atoms with Crippen molar-refractivity contribution in [1.29, 1.82) is 0 Å². The molecule has 3 nitrogen and oxygen atoms in total.